The van der Waals surface area contributed by atoms with Gasteiger partial charge in [-0.25, -0.2) is 0 Å². The zero-order valence-electron chi connectivity index (χ0n) is 11.3. The SMILES string of the molecule is CN=C(NC1CCC1)NC(C)c1ccccc1Br.I. The Morgan fingerprint density at radius 2 is 2.05 bits per heavy atom. The summed E-state index contributed by atoms with van der Waals surface area (Å²) in [5, 5.41) is 6.88. The van der Waals surface area contributed by atoms with E-state index in [1.807, 2.05) is 13.1 Å². The van der Waals surface area contributed by atoms with Crippen LogP contribution in [0.15, 0.2) is 33.7 Å². The van der Waals surface area contributed by atoms with E-state index in [4.69, 9.17) is 0 Å². The molecule has 0 radical (unpaired) electrons. The molecule has 1 aromatic carbocycles. The van der Waals surface area contributed by atoms with Gasteiger partial charge in [0.05, 0.1) is 6.04 Å². The first-order chi connectivity index (χ1) is 8.70. The highest BCUT2D eigenvalue weighted by atomic mass is 127. The second-order valence-corrected chi connectivity index (χ2v) is 5.59. The number of rotatable bonds is 3. The Balaban J connectivity index is 0.00000180. The van der Waals surface area contributed by atoms with Crippen molar-refractivity contribution in [3.63, 3.8) is 0 Å². The second kappa shape index (κ2) is 8.09. The van der Waals surface area contributed by atoms with Gasteiger partial charge in [0.15, 0.2) is 5.96 Å². The summed E-state index contributed by atoms with van der Waals surface area (Å²) >= 11 is 3.58. The molecule has 0 heterocycles. The molecule has 0 aromatic heterocycles. The van der Waals surface area contributed by atoms with Crippen molar-refractivity contribution in [2.75, 3.05) is 7.05 Å². The Hall–Kier alpha value is -0.300. The molecule has 1 unspecified atom stereocenters. The molecular formula is C14H21BrIN3. The van der Waals surface area contributed by atoms with Crippen molar-refractivity contribution in [1.82, 2.24) is 10.6 Å². The molecule has 0 saturated heterocycles. The van der Waals surface area contributed by atoms with Gasteiger partial charge in [0.2, 0.25) is 0 Å². The van der Waals surface area contributed by atoms with Crippen LogP contribution in [0.4, 0.5) is 0 Å². The Morgan fingerprint density at radius 3 is 2.58 bits per heavy atom. The first-order valence-corrected chi connectivity index (χ1v) is 7.24. The molecule has 0 spiro atoms. The fraction of sp³-hybridized carbons (Fsp3) is 0.500. The number of benzene rings is 1. The first kappa shape index (κ1) is 16.8. The molecule has 3 nitrogen and oxygen atoms in total. The van der Waals surface area contributed by atoms with Gasteiger partial charge in [-0.3, -0.25) is 4.99 Å². The molecule has 5 heteroatoms. The highest BCUT2D eigenvalue weighted by Crippen LogP contribution is 2.23. The summed E-state index contributed by atoms with van der Waals surface area (Å²) in [6.07, 6.45) is 3.84. The van der Waals surface area contributed by atoms with Gasteiger partial charge in [0.25, 0.3) is 0 Å². The lowest BCUT2D eigenvalue weighted by Gasteiger charge is -2.29. The molecule has 1 fully saturated rings. The van der Waals surface area contributed by atoms with E-state index in [9.17, 15) is 0 Å². The Bertz CT molecular complexity index is 432. The highest BCUT2D eigenvalue weighted by Gasteiger charge is 2.19. The van der Waals surface area contributed by atoms with Crippen molar-refractivity contribution in [3.05, 3.63) is 34.3 Å². The van der Waals surface area contributed by atoms with Crippen LogP contribution in [0.25, 0.3) is 0 Å². The molecule has 0 amide bonds. The summed E-state index contributed by atoms with van der Waals surface area (Å²) in [5.41, 5.74) is 1.24. The number of aliphatic imine (C=N–C) groups is 1. The van der Waals surface area contributed by atoms with Gasteiger partial charge < -0.3 is 10.6 Å². The zero-order valence-corrected chi connectivity index (χ0v) is 15.2. The quantitative estimate of drug-likeness (QED) is 0.428. The van der Waals surface area contributed by atoms with Crippen LogP contribution in [0.5, 0.6) is 0 Å². The third-order valence-corrected chi connectivity index (χ3v) is 4.12. The van der Waals surface area contributed by atoms with Gasteiger partial charge in [0, 0.05) is 17.6 Å². The molecule has 2 N–H and O–H groups in total. The first-order valence-electron chi connectivity index (χ1n) is 6.45. The van der Waals surface area contributed by atoms with Crippen molar-refractivity contribution in [2.45, 2.75) is 38.3 Å². The molecule has 2 rings (SSSR count). The predicted octanol–water partition coefficient (Wildman–Crippen LogP) is 3.85. The Morgan fingerprint density at radius 1 is 1.37 bits per heavy atom. The molecule has 0 bridgehead atoms. The minimum absolute atomic E-state index is 0. The minimum atomic E-state index is 0. The van der Waals surface area contributed by atoms with E-state index in [0.29, 0.717) is 6.04 Å². The van der Waals surface area contributed by atoms with E-state index >= 15 is 0 Å². The molecule has 19 heavy (non-hydrogen) atoms. The van der Waals surface area contributed by atoms with Gasteiger partial charge in [-0.15, -0.1) is 24.0 Å². The lowest BCUT2D eigenvalue weighted by atomic mass is 9.93. The van der Waals surface area contributed by atoms with Crippen LogP contribution in [0.1, 0.15) is 37.8 Å². The Labute approximate surface area is 140 Å². The third kappa shape index (κ3) is 4.63. The summed E-state index contributed by atoms with van der Waals surface area (Å²) in [5.74, 6) is 0.892. The monoisotopic (exact) mass is 437 g/mol. The molecule has 1 aliphatic rings. The van der Waals surface area contributed by atoms with Crippen LogP contribution in [-0.4, -0.2) is 19.0 Å². The topological polar surface area (TPSA) is 36.4 Å². The van der Waals surface area contributed by atoms with Crippen LogP contribution in [0, 0.1) is 0 Å². The smallest absolute Gasteiger partial charge is 0.191 e. The summed E-state index contributed by atoms with van der Waals surface area (Å²) < 4.78 is 1.13. The summed E-state index contributed by atoms with van der Waals surface area (Å²) in [4.78, 5) is 4.28. The second-order valence-electron chi connectivity index (χ2n) is 4.73. The van der Waals surface area contributed by atoms with Crippen molar-refractivity contribution in [2.24, 2.45) is 4.99 Å². The fourth-order valence-corrected chi connectivity index (χ4v) is 2.65. The molecule has 1 atom stereocenters. The summed E-state index contributed by atoms with van der Waals surface area (Å²) in [7, 11) is 1.82. The highest BCUT2D eigenvalue weighted by molar-refractivity contribution is 14.0. The van der Waals surface area contributed by atoms with Gasteiger partial charge in [0.1, 0.15) is 0 Å². The number of hydrogen-bond acceptors (Lipinski definition) is 1. The number of nitrogens with zero attached hydrogens (tertiary/aromatic N) is 1. The lowest BCUT2D eigenvalue weighted by molar-refractivity contribution is 0.378. The van der Waals surface area contributed by atoms with E-state index in [2.05, 4.69) is 56.7 Å². The third-order valence-electron chi connectivity index (χ3n) is 3.39. The van der Waals surface area contributed by atoms with Gasteiger partial charge in [-0.1, -0.05) is 34.1 Å². The zero-order chi connectivity index (χ0) is 13.0. The molecule has 1 aliphatic carbocycles. The van der Waals surface area contributed by atoms with Crippen LogP contribution in [0.2, 0.25) is 0 Å². The van der Waals surface area contributed by atoms with Crippen LogP contribution < -0.4 is 10.6 Å². The average molecular weight is 438 g/mol. The van der Waals surface area contributed by atoms with E-state index in [1.165, 1.54) is 24.8 Å². The lowest BCUT2D eigenvalue weighted by Crippen LogP contribution is -2.46. The largest absolute Gasteiger partial charge is 0.354 e. The molecule has 1 aromatic rings. The normalized spacial score (nSPS) is 17.1. The number of hydrogen-bond donors (Lipinski definition) is 2. The summed E-state index contributed by atoms with van der Waals surface area (Å²) in [6.45, 7) is 2.15. The molecule has 0 aliphatic heterocycles. The van der Waals surface area contributed by atoms with Gasteiger partial charge in [-0.2, -0.15) is 0 Å². The van der Waals surface area contributed by atoms with E-state index in [0.717, 1.165) is 10.4 Å². The minimum Gasteiger partial charge on any atom is -0.354 e. The van der Waals surface area contributed by atoms with Crippen LogP contribution >= 0.6 is 39.9 Å². The number of halogens is 2. The Kier molecular flexibility index (Phi) is 7.13. The predicted molar refractivity (Wildman–Crippen MR) is 95.2 cm³/mol. The fourth-order valence-electron chi connectivity index (χ4n) is 2.03. The standard InChI is InChI=1S/C14H20BrN3.HI/c1-10(12-8-3-4-9-13(12)15)17-14(16-2)18-11-6-5-7-11;/h3-4,8-11H,5-7H2,1-2H3,(H2,16,17,18);1H. The summed E-state index contributed by atoms with van der Waals surface area (Å²) in [6, 6.07) is 9.10. The maximum Gasteiger partial charge on any atom is 0.191 e. The van der Waals surface area contributed by atoms with E-state index in [-0.39, 0.29) is 30.0 Å². The molecule has 106 valence electrons. The number of guanidine groups is 1. The maximum absolute atomic E-state index is 4.28. The van der Waals surface area contributed by atoms with E-state index < -0.39 is 0 Å². The van der Waals surface area contributed by atoms with Gasteiger partial charge in [-0.05, 0) is 37.8 Å². The van der Waals surface area contributed by atoms with Crippen molar-refractivity contribution in [1.29, 1.82) is 0 Å². The van der Waals surface area contributed by atoms with Gasteiger partial charge >= 0.3 is 0 Å². The maximum atomic E-state index is 4.28. The average Bonchev–Trinajstić information content (AvgIpc) is 2.32. The van der Waals surface area contributed by atoms with Crippen LogP contribution in [0.3, 0.4) is 0 Å². The van der Waals surface area contributed by atoms with Crippen molar-refractivity contribution in [3.8, 4) is 0 Å². The molecule has 1 saturated carbocycles. The molecular weight excluding hydrogens is 417 g/mol. The van der Waals surface area contributed by atoms with Crippen molar-refractivity contribution < 1.29 is 0 Å². The number of nitrogens with one attached hydrogen (secondary N) is 2. The van der Waals surface area contributed by atoms with Crippen molar-refractivity contribution >= 4 is 45.9 Å². The van der Waals surface area contributed by atoms with Crippen LogP contribution in [-0.2, 0) is 0 Å². The van der Waals surface area contributed by atoms with E-state index in [1.54, 1.807) is 0 Å².